The summed E-state index contributed by atoms with van der Waals surface area (Å²) in [5.74, 6) is 0.687. The molecule has 0 aromatic carbocycles. The van der Waals surface area contributed by atoms with Crippen LogP contribution < -0.4 is 5.32 Å². The van der Waals surface area contributed by atoms with E-state index in [-0.39, 0.29) is 0 Å². The average molecular weight is 242 g/mol. The number of aromatic nitrogens is 4. The molecule has 0 radical (unpaired) electrons. The van der Waals surface area contributed by atoms with E-state index in [9.17, 15) is 0 Å². The Bertz CT molecular complexity index is 441. The molecule has 0 saturated carbocycles. The smallest absolute Gasteiger partial charge is 0.151 e. The minimum atomic E-state index is 0.385. The van der Waals surface area contributed by atoms with Crippen LogP contribution in [0.2, 0.25) is 5.15 Å². The second-order valence-corrected chi connectivity index (χ2v) is 4.10. The number of nitrogens with zero attached hydrogens (tertiary/aromatic N) is 4. The second kappa shape index (κ2) is 4.50. The molecule has 0 aliphatic heterocycles. The van der Waals surface area contributed by atoms with Gasteiger partial charge in [0, 0.05) is 0 Å². The van der Waals surface area contributed by atoms with Gasteiger partial charge in [-0.1, -0.05) is 16.1 Å². The maximum atomic E-state index is 5.62. The van der Waals surface area contributed by atoms with E-state index in [4.69, 9.17) is 11.6 Å². The number of rotatable bonds is 3. The van der Waals surface area contributed by atoms with Crippen molar-refractivity contribution in [3.8, 4) is 0 Å². The van der Waals surface area contributed by atoms with Gasteiger partial charge in [0.2, 0.25) is 0 Å². The van der Waals surface area contributed by atoms with Gasteiger partial charge < -0.3 is 5.32 Å². The fourth-order valence-electron chi connectivity index (χ4n) is 0.994. The summed E-state index contributed by atoms with van der Waals surface area (Å²) in [6.07, 6.45) is 0. The highest BCUT2D eigenvalue weighted by Gasteiger charge is 2.03. The predicted molar refractivity (Wildman–Crippen MR) is 59.0 cm³/mol. The van der Waals surface area contributed by atoms with E-state index in [0.717, 1.165) is 10.6 Å². The monoisotopic (exact) mass is 241 g/mol. The molecule has 0 aliphatic carbocycles. The maximum Gasteiger partial charge on any atom is 0.151 e. The molecular formula is C8H8ClN5S. The second-order valence-electron chi connectivity index (χ2n) is 2.88. The van der Waals surface area contributed by atoms with Crippen molar-refractivity contribution in [2.75, 3.05) is 5.32 Å². The summed E-state index contributed by atoms with van der Waals surface area (Å²) in [6, 6.07) is 3.47. The zero-order valence-electron chi connectivity index (χ0n) is 7.94. The third-order valence-corrected chi connectivity index (χ3v) is 2.83. The molecule has 15 heavy (non-hydrogen) atoms. The van der Waals surface area contributed by atoms with E-state index < -0.39 is 0 Å². The number of nitrogens with one attached hydrogen (secondary N) is 1. The van der Waals surface area contributed by atoms with E-state index in [2.05, 4.69) is 25.1 Å². The molecule has 7 heteroatoms. The molecule has 2 heterocycles. The third kappa shape index (κ3) is 2.60. The SMILES string of the molecule is Cc1nnsc1CNc1ccc(Cl)nn1. The van der Waals surface area contributed by atoms with E-state index in [1.54, 1.807) is 12.1 Å². The lowest BCUT2D eigenvalue weighted by atomic mass is 10.4. The van der Waals surface area contributed by atoms with Crippen molar-refractivity contribution in [2.45, 2.75) is 13.5 Å². The van der Waals surface area contributed by atoms with Crippen LogP contribution in [0.15, 0.2) is 12.1 Å². The van der Waals surface area contributed by atoms with E-state index >= 15 is 0 Å². The molecule has 0 spiro atoms. The lowest BCUT2D eigenvalue weighted by Gasteiger charge is -2.02. The van der Waals surface area contributed by atoms with Crippen molar-refractivity contribution < 1.29 is 0 Å². The summed E-state index contributed by atoms with van der Waals surface area (Å²) in [5, 5.41) is 15.0. The lowest BCUT2D eigenvalue weighted by molar-refractivity contribution is 0.995. The highest BCUT2D eigenvalue weighted by atomic mass is 35.5. The molecule has 0 amide bonds. The summed E-state index contributed by atoms with van der Waals surface area (Å²) in [4.78, 5) is 1.09. The van der Waals surface area contributed by atoms with Crippen LogP contribution in [0.25, 0.3) is 0 Å². The quantitative estimate of drug-likeness (QED) is 0.889. The van der Waals surface area contributed by atoms with Gasteiger partial charge in [-0.15, -0.1) is 15.3 Å². The van der Waals surface area contributed by atoms with Gasteiger partial charge in [-0.25, -0.2) is 0 Å². The summed E-state index contributed by atoms with van der Waals surface area (Å²) < 4.78 is 3.84. The number of aryl methyl sites for hydroxylation is 1. The topological polar surface area (TPSA) is 63.6 Å². The van der Waals surface area contributed by atoms with Gasteiger partial charge in [0.05, 0.1) is 17.1 Å². The molecule has 2 aromatic rings. The Hall–Kier alpha value is -1.27. The minimum Gasteiger partial charge on any atom is -0.364 e. The first kappa shape index (κ1) is 10.3. The average Bonchev–Trinajstić information content (AvgIpc) is 2.63. The van der Waals surface area contributed by atoms with Crippen LogP contribution >= 0.6 is 23.1 Å². The van der Waals surface area contributed by atoms with Crippen LogP contribution in [0.1, 0.15) is 10.6 Å². The Morgan fingerprint density at radius 3 is 2.80 bits per heavy atom. The van der Waals surface area contributed by atoms with Gasteiger partial charge in [-0.05, 0) is 30.6 Å². The van der Waals surface area contributed by atoms with Crippen LogP contribution in [-0.2, 0) is 6.54 Å². The standard InChI is InChI=1S/C8H8ClN5S/c1-5-6(15-14-11-5)4-10-8-3-2-7(9)12-13-8/h2-3H,4H2,1H3,(H,10,13). The summed E-state index contributed by atoms with van der Waals surface area (Å²) >= 11 is 6.99. The molecule has 78 valence electrons. The number of halogens is 1. The van der Waals surface area contributed by atoms with Gasteiger partial charge in [0.25, 0.3) is 0 Å². The lowest BCUT2D eigenvalue weighted by Crippen LogP contribution is -2.01. The number of anilines is 1. The van der Waals surface area contributed by atoms with Crippen LogP contribution in [0.5, 0.6) is 0 Å². The first-order valence-electron chi connectivity index (χ1n) is 4.26. The zero-order chi connectivity index (χ0) is 10.7. The normalized spacial score (nSPS) is 10.3. The summed E-state index contributed by atoms with van der Waals surface area (Å²) in [5.41, 5.74) is 0.939. The van der Waals surface area contributed by atoms with Crippen molar-refractivity contribution in [3.05, 3.63) is 27.9 Å². The van der Waals surface area contributed by atoms with Crippen molar-refractivity contribution >= 4 is 29.0 Å². The van der Waals surface area contributed by atoms with Crippen molar-refractivity contribution in [1.82, 2.24) is 19.8 Å². The van der Waals surface area contributed by atoms with Crippen molar-refractivity contribution in [1.29, 1.82) is 0 Å². The fourth-order valence-corrected chi connectivity index (χ4v) is 1.67. The number of hydrogen-bond donors (Lipinski definition) is 1. The molecule has 0 fully saturated rings. The third-order valence-electron chi connectivity index (χ3n) is 1.81. The maximum absolute atomic E-state index is 5.62. The highest BCUT2D eigenvalue weighted by Crippen LogP contribution is 2.12. The largest absolute Gasteiger partial charge is 0.364 e. The van der Waals surface area contributed by atoms with Gasteiger partial charge in [-0.3, -0.25) is 0 Å². The Morgan fingerprint density at radius 1 is 1.33 bits per heavy atom. The number of hydrogen-bond acceptors (Lipinski definition) is 6. The zero-order valence-corrected chi connectivity index (χ0v) is 9.51. The van der Waals surface area contributed by atoms with Crippen LogP contribution in [0.4, 0.5) is 5.82 Å². The van der Waals surface area contributed by atoms with E-state index in [0.29, 0.717) is 17.5 Å². The molecule has 1 N–H and O–H groups in total. The van der Waals surface area contributed by atoms with Crippen LogP contribution in [0.3, 0.4) is 0 Å². The van der Waals surface area contributed by atoms with E-state index in [1.165, 1.54) is 11.5 Å². The molecule has 2 aromatic heterocycles. The molecule has 0 atom stereocenters. The minimum absolute atomic E-state index is 0.385. The molecule has 0 bridgehead atoms. The Morgan fingerprint density at radius 2 is 2.20 bits per heavy atom. The van der Waals surface area contributed by atoms with Crippen molar-refractivity contribution in [3.63, 3.8) is 0 Å². The van der Waals surface area contributed by atoms with Gasteiger partial charge in [0.1, 0.15) is 5.82 Å². The van der Waals surface area contributed by atoms with Gasteiger partial charge >= 0.3 is 0 Å². The van der Waals surface area contributed by atoms with Crippen LogP contribution in [0, 0.1) is 6.92 Å². The predicted octanol–water partition coefficient (Wildman–Crippen LogP) is 1.90. The Labute approximate surface area is 95.7 Å². The molecule has 5 nitrogen and oxygen atoms in total. The Balaban J connectivity index is 1.99. The first-order valence-corrected chi connectivity index (χ1v) is 5.42. The first-order chi connectivity index (χ1) is 7.25. The molecule has 2 rings (SSSR count). The highest BCUT2D eigenvalue weighted by molar-refractivity contribution is 7.05. The summed E-state index contributed by atoms with van der Waals surface area (Å²) in [6.45, 7) is 2.58. The molecule has 0 aliphatic rings. The fraction of sp³-hybridized carbons (Fsp3) is 0.250. The van der Waals surface area contributed by atoms with Gasteiger partial charge in [-0.2, -0.15) is 0 Å². The van der Waals surface area contributed by atoms with Crippen molar-refractivity contribution in [2.24, 2.45) is 0 Å². The molecular weight excluding hydrogens is 234 g/mol. The van der Waals surface area contributed by atoms with E-state index in [1.807, 2.05) is 6.92 Å². The van der Waals surface area contributed by atoms with Gasteiger partial charge in [0.15, 0.2) is 5.15 Å². The summed E-state index contributed by atoms with van der Waals surface area (Å²) in [7, 11) is 0. The Kier molecular flexibility index (Phi) is 3.08. The molecule has 0 unspecified atom stereocenters. The van der Waals surface area contributed by atoms with Crippen LogP contribution in [-0.4, -0.2) is 19.8 Å². The molecule has 0 saturated heterocycles.